The average Bonchev–Trinajstić information content (AvgIpc) is 3.18. The Kier molecular flexibility index (Phi) is 4.94. The van der Waals surface area contributed by atoms with E-state index < -0.39 is 0 Å². The van der Waals surface area contributed by atoms with Crippen molar-refractivity contribution in [2.24, 2.45) is 0 Å². The molecule has 9 nitrogen and oxygen atoms in total. The predicted molar refractivity (Wildman–Crippen MR) is 109 cm³/mol. The van der Waals surface area contributed by atoms with Crippen molar-refractivity contribution in [2.75, 3.05) is 22.1 Å². The van der Waals surface area contributed by atoms with Gasteiger partial charge in [-0.2, -0.15) is 0 Å². The molecule has 0 saturated carbocycles. The van der Waals surface area contributed by atoms with Crippen LogP contribution in [0.5, 0.6) is 0 Å². The van der Waals surface area contributed by atoms with Crippen molar-refractivity contribution in [3.05, 3.63) is 54.4 Å². The smallest absolute Gasteiger partial charge is 0.246 e. The third-order valence-corrected chi connectivity index (χ3v) is 4.86. The number of hydrogen-bond acceptors (Lipinski definition) is 6. The average molecular weight is 391 g/mol. The zero-order valence-corrected chi connectivity index (χ0v) is 16.2. The number of nitrogens with zero attached hydrogens (tertiary/aromatic N) is 5. The third kappa shape index (κ3) is 3.79. The Morgan fingerprint density at radius 3 is 2.83 bits per heavy atom. The maximum atomic E-state index is 13.0. The fraction of sp³-hybridized carbons (Fsp3) is 0.250. The number of benzene rings is 2. The van der Waals surface area contributed by atoms with E-state index in [1.165, 1.54) is 6.33 Å². The molecule has 1 aliphatic rings. The first-order valence-electron chi connectivity index (χ1n) is 9.32. The van der Waals surface area contributed by atoms with Crippen molar-refractivity contribution in [3.8, 4) is 5.69 Å². The summed E-state index contributed by atoms with van der Waals surface area (Å²) >= 11 is 0. The van der Waals surface area contributed by atoms with Gasteiger partial charge in [0.05, 0.1) is 23.6 Å². The quantitative estimate of drug-likeness (QED) is 0.706. The Hall–Kier alpha value is -3.75. The summed E-state index contributed by atoms with van der Waals surface area (Å²) in [6.07, 6.45) is 1.78. The third-order valence-electron chi connectivity index (χ3n) is 4.86. The van der Waals surface area contributed by atoms with Crippen LogP contribution in [-0.4, -0.2) is 44.6 Å². The molecule has 1 unspecified atom stereocenters. The van der Waals surface area contributed by atoms with E-state index in [2.05, 4.69) is 26.2 Å². The number of para-hydroxylation sites is 2. The monoisotopic (exact) mass is 391 g/mol. The van der Waals surface area contributed by atoms with Crippen LogP contribution >= 0.6 is 0 Å². The van der Waals surface area contributed by atoms with Crippen LogP contribution < -0.4 is 15.5 Å². The molecule has 0 bridgehead atoms. The van der Waals surface area contributed by atoms with Gasteiger partial charge in [0.25, 0.3) is 0 Å². The molecule has 2 aromatic carbocycles. The van der Waals surface area contributed by atoms with E-state index >= 15 is 0 Å². The highest BCUT2D eigenvalue weighted by molar-refractivity contribution is 6.05. The van der Waals surface area contributed by atoms with Gasteiger partial charge in [0.1, 0.15) is 6.33 Å². The van der Waals surface area contributed by atoms with Crippen LogP contribution in [0.25, 0.3) is 5.69 Å². The van der Waals surface area contributed by atoms with E-state index in [4.69, 9.17) is 0 Å². The Morgan fingerprint density at radius 2 is 2.07 bits per heavy atom. The first kappa shape index (κ1) is 18.6. The highest BCUT2D eigenvalue weighted by Crippen LogP contribution is 2.31. The van der Waals surface area contributed by atoms with Gasteiger partial charge in [0.2, 0.25) is 11.8 Å². The summed E-state index contributed by atoms with van der Waals surface area (Å²) in [6.45, 7) is 3.94. The molecule has 1 aliphatic heterocycles. The van der Waals surface area contributed by atoms with Crippen LogP contribution in [0.4, 0.5) is 17.1 Å². The lowest BCUT2D eigenvalue weighted by Gasteiger charge is -2.28. The fourth-order valence-corrected chi connectivity index (χ4v) is 3.52. The minimum atomic E-state index is -0.239. The number of amides is 2. The summed E-state index contributed by atoms with van der Waals surface area (Å²) in [5.41, 5.74) is 4.02. The minimum Gasteiger partial charge on any atom is -0.376 e. The summed E-state index contributed by atoms with van der Waals surface area (Å²) < 4.78 is 1.59. The molecule has 0 radical (unpaired) electrons. The molecule has 1 aromatic heterocycles. The summed E-state index contributed by atoms with van der Waals surface area (Å²) in [5.74, 6) is -0.203. The van der Waals surface area contributed by atoms with Gasteiger partial charge in [-0.15, -0.1) is 5.10 Å². The number of aryl methyl sites for hydroxylation is 1. The number of nitrogens with one attached hydrogen (secondary N) is 2. The molecule has 4 rings (SSSR count). The zero-order valence-electron chi connectivity index (χ0n) is 16.2. The first-order valence-corrected chi connectivity index (χ1v) is 9.32. The summed E-state index contributed by atoms with van der Waals surface area (Å²) in [4.78, 5) is 26.8. The van der Waals surface area contributed by atoms with E-state index in [1.807, 2.05) is 50.2 Å². The highest BCUT2D eigenvalue weighted by atomic mass is 16.2. The molecule has 9 heteroatoms. The molecule has 0 saturated heterocycles. The number of carbonyl (C=O) groups is 2. The second-order valence-electron chi connectivity index (χ2n) is 6.99. The van der Waals surface area contributed by atoms with Crippen molar-refractivity contribution in [3.63, 3.8) is 0 Å². The molecule has 2 amide bonds. The summed E-state index contributed by atoms with van der Waals surface area (Å²) in [6, 6.07) is 12.8. The van der Waals surface area contributed by atoms with E-state index in [0.29, 0.717) is 11.4 Å². The molecule has 29 heavy (non-hydrogen) atoms. The van der Waals surface area contributed by atoms with Crippen LogP contribution in [0.1, 0.15) is 18.9 Å². The molecular formula is C20H21N7O2. The lowest BCUT2D eigenvalue weighted by Crippen LogP contribution is -2.42. The topological polar surface area (TPSA) is 105 Å². The van der Waals surface area contributed by atoms with Crippen molar-refractivity contribution in [1.82, 2.24) is 20.2 Å². The number of anilines is 3. The van der Waals surface area contributed by atoms with Crippen molar-refractivity contribution < 1.29 is 9.59 Å². The Morgan fingerprint density at radius 1 is 1.24 bits per heavy atom. The van der Waals surface area contributed by atoms with Gasteiger partial charge in [0.15, 0.2) is 0 Å². The molecule has 148 valence electrons. The number of tetrazole rings is 1. The van der Waals surface area contributed by atoms with Gasteiger partial charge >= 0.3 is 0 Å². The number of hydrogen-bond donors (Lipinski definition) is 2. The Bertz CT molecular complexity index is 1050. The Balaban J connectivity index is 1.51. The van der Waals surface area contributed by atoms with Crippen LogP contribution in [0.2, 0.25) is 0 Å². The highest BCUT2D eigenvalue weighted by Gasteiger charge is 2.29. The van der Waals surface area contributed by atoms with E-state index in [9.17, 15) is 9.59 Å². The molecule has 2 N–H and O–H groups in total. The normalized spacial score (nSPS) is 16.0. The molecule has 3 aromatic rings. The zero-order chi connectivity index (χ0) is 20.4. The molecular weight excluding hydrogens is 370 g/mol. The van der Waals surface area contributed by atoms with E-state index in [0.717, 1.165) is 16.9 Å². The van der Waals surface area contributed by atoms with Crippen molar-refractivity contribution >= 4 is 28.9 Å². The predicted octanol–water partition coefficient (Wildman–Crippen LogP) is 2.15. The SMILES string of the molecule is Cc1cc(NCC(=O)N2c3ccccc3NC(=O)CC2C)ccc1-n1cnnn1. The van der Waals surface area contributed by atoms with Crippen LogP contribution in [-0.2, 0) is 9.59 Å². The van der Waals surface area contributed by atoms with Crippen molar-refractivity contribution in [1.29, 1.82) is 0 Å². The van der Waals surface area contributed by atoms with Crippen LogP contribution in [0.3, 0.4) is 0 Å². The molecule has 2 heterocycles. The number of fused-ring (bicyclic) bond motifs is 1. The van der Waals surface area contributed by atoms with Gasteiger partial charge in [-0.25, -0.2) is 4.68 Å². The first-order chi connectivity index (χ1) is 14.0. The number of carbonyl (C=O) groups excluding carboxylic acids is 2. The van der Waals surface area contributed by atoms with Gasteiger partial charge in [-0.3, -0.25) is 9.59 Å². The second-order valence-corrected chi connectivity index (χ2v) is 6.99. The molecule has 0 spiro atoms. The molecule has 1 atom stereocenters. The van der Waals surface area contributed by atoms with Gasteiger partial charge < -0.3 is 15.5 Å². The molecule has 0 aliphatic carbocycles. The van der Waals surface area contributed by atoms with Crippen molar-refractivity contribution in [2.45, 2.75) is 26.3 Å². The number of rotatable bonds is 4. The largest absolute Gasteiger partial charge is 0.376 e. The summed E-state index contributed by atoms with van der Waals surface area (Å²) in [7, 11) is 0. The standard InChI is InChI=1S/C20H21N7O2/c1-13-9-15(7-8-17(13)26-12-22-24-25-26)21-11-20(29)27-14(2)10-19(28)23-16-5-3-4-6-18(16)27/h3-9,12,14,21H,10-11H2,1-2H3,(H,23,28). The summed E-state index contributed by atoms with van der Waals surface area (Å²) in [5, 5.41) is 17.2. The van der Waals surface area contributed by atoms with Gasteiger partial charge in [-0.05, 0) is 60.2 Å². The van der Waals surface area contributed by atoms with Gasteiger partial charge in [-0.1, -0.05) is 12.1 Å². The lowest BCUT2D eigenvalue weighted by molar-refractivity contribution is -0.118. The Labute approximate surface area is 167 Å². The lowest BCUT2D eigenvalue weighted by atomic mass is 10.1. The number of aromatic nitrogens is 4. The minimum absolute atomic E-state index is 0.0953. The maximum absolute atomic E-state index is 13.0. The van der Waals surface area contributed by atoms with E-state index in [1.54, 1.807) is 15.6 Å². The maximum Gasteiger partial charge on any atom is 0.246 e. The van der Waals surface area contributed by atoms with Gasteiger partial charge in [0, 0.05) is 18.2 Å². The van der Waals surface area contributed by atoms with Crippen LogP contribution in [0, 0.1) is 6.92 Å². The molecule has 0 fully saturated rings. The van der Waals surface area contributed by atoms with Crippen LogP contribution in [0.15, 0.2) is 48.8 Å². The second kappa shape index (κ2) is 7.70. The van der Waals surface area contributed by atoms with E-state index in [-0.39, 0.29) is 30.8 Å². The fourth-order valence-electron chi connectivity index (χ4n) is 3.52.